The van der Waals surface area contributed by atoms with Crippen molar-refractivity contribution in [3.63, 3.8) is 0 Å². The highest BCUT2D eigenvalue weighted by atomic mass is 35.5. The number of amides is 1. The molecule has 0 spiro atoms. The van der Waals surface area contributed by atoms with Crippen molar-refractivity contribution in [3.8, 4) is 0 Å². The van der Waals surface area contributed by atoms with Crippen LogP contribution in [0.25, 0.3) is 0 Å². The number of pyridine rings is 1. The second-order valence-corrected chi connectivity index (χ2v) is 5.34. The molecule has 6 heteroatoms. The molecule has 98 valence electrons. The first kappa shape index (κ1) is 14.4. The smallest absolute Gasteiger partial charge is 0.326 e. The number of halogens is 1. The summed E-state index contributed by atoms with van der Waals surface area (Å²) in [4.78, 5) is 26.8. The highest BCUT2D eigenvalue weighted by Crippen LogP contribution is 2.19. The Bertz CT molecular complexity index is 469. The van der Waals surface area contributed by atoms with Crippen molar-refractivity contribution < 1.29 is 14.7 Å². The molecule has 0 fully saturated rings. The van der Waals surface area contributed by atoms with Gasteiger partial charge in [-0.05, 0) is 17.5 Å². The average molecular weight is 271 g/mol. The summed E-state index contributed by atoms with van der Waals surface area (Å²) in [6.45, 7) is 5.20. The maximum Gasteiger partial charge on any atom is 0.326 e. The molecule has 0 aromatic carbocycles. The summed E-state index contributed by atoms with van der Waals surface area (Å²) >= 11 is 5.67. The zero-order valence-electron chi connectivity index (χ0n) is 10.4. The van der Waals surface area contributed by atoms with E-state index in [1.165, 1.54) is 12.1 Å². The van der Waals surface area contributed by atoms with E-state index in [1.54, 1.807) is 26.8 Å². The van der Waals surface area contributed by atoms with Crippen LogP contribution in [0.5, 0.6) is 0 Å². The molecule has 1 amide bonds. The van der Waals surface area contributed by atoms with Crippen molar-refractivity contribution in [1.82, 2.24) is 10.3 Å². The van der Waals surface area contributed by atoms with Gasteiger partial charge in [0, 0.05) is 0 Å². The van der Waals surface area contributed by atoms with Crippen LogP contribution in [-0.2, 0) is 4.79 Å². The van der Waals surface area contributed by atoms with Gasteiger partial charge in [-0.15, -0.1) is 0 Å². The second-order valence-electron chi connectivity index (χ2n) is 4.96. The minimum Gasteiger partial charge on any atom is -0.480 e. The summed E-state index contributed by atoms with van der Waals surface area (Å²) in [6.07, 6.45) is 0. The van der Waals surface area contributed by atoms with Crippen LogP contribution in [0.3, 0.4) is 0 Å². The van der Waals surface area contributed by atoms with Crippen LogP contribution in [-0.4, -0.2) is 28.0 Å². The van der Waals surface area contributed by atoms with Crippen LogP contribution in [0.1, 0.15) is 31.3 Å². The zero-order valence-corrected chi connectivity index (χ0v) is 11.2. The second kappa shape index (κ2) is 5.35. The number of carbonyl (C=O) groups is 2. The number of hydrogen-bond donors (Lipinski definition) is 2. The zero-order chi connectivity index (χ0) is 13.9. The first-order valence-electron chi connectivity index (χ1n) is 5.38. The molecule has 0 aliphatic rings. The summed E-state index contributed by atoms with van der Waals surface area (Å²) in [7, 11) is 0. The molecule has 5 nitrogen and oxygen atoms in total. The highest BCUT2D eigenvalue weighted by Gasteiger charge is 2.33. The average Bonchev–Trinajstić information content (AvgIpc) is 2.23. The Balaban J connectivity index is 2.89. The van der Waals surface area contributed by atoms with Gasteiger partial charge >= 0.3 is 5.97 Å². The molecule has 1 rings (SSSR count). The molecule has 0 saturated heterocycles. The lowest BCUT2D eigenvalue weighted by Gasteiger charge is -2.27. The normalized spacial score (nSPS) is 12.9. The Kier molecular flexibility index (Phi) is 4.29. The van der Waals surface area contributed by atoms with Gasteiger partial charge < -0.3 is 10.4 Å². The third kappa shape index (κ3) is 3.70. The minimum absolute atomic E-state index is 0.0954. The fourth-order valence-electron chi connectivity index (χ4n) is 1.39. The number of carboxylic acid groups (broad SMARTS) is 1. The lowest BCUT2D eigenvalue weighted by atomic mass is 9.86. The van der Waals surface area contributed by atoms with Crippen molar-refractivity contribution in [2.45, 2.75) is 26.8 Å². The maximum absolute atomic E-state index is 11.9. The van der Waals surface area contributed by atoms with Gasteiger partial charge in [-0.3, -0.25) is 4.79 Å². The van der Waals surface area contributed by atoms with Gasteiger partial charge in [-0.2, -0.15) is 0 Å². The molecule has 0 aliphatic carbocycles. The maximum atomic E-state index is 11.9. The SMILES string of the molecule is CC(C)(C)[C@H](NC(=O)c1cccc(Cl)n1)C(=O)O. The van der Waals surface area contributed by atoms with Gasteiger partial charge in [-0.1, -0.05) is 38.4 Å². The van der Waals surface area contributed by atoms with E-state index in [1.807, 2.05) is 0 Å². The van der Waals surface area contributed by atoms with E-state index in [2.05, 4.69) is 10.3 Å². The van der Waals surface area contributed by atoms with E-state index in [0.717, 1.165) is 0 Å². The van der Waals surface area contributed by atoms with Crippen LogP contribution in [0.2, 0.25) is 5.15 Å². The van der Waals surface area contributed by atoms with Crippen molar-refractivity contribution in [2.24, 2.45) is 5.41 Å². The Labute approximate surface area is 110 Å². The highest BCUT2D eigenvalue weighted by molar-refractivity contribution is 6.29. The third-order valence-electron chi connectivity index (χ3n) is 2.34. The molecule has 1 aromatic heterocycles. The largest absolute Gasteiger partial charge is 0.480 e. The van der Waals surface area contributed by atoms with E-state index in [0.29, 0.717) is 0 Å². The number of carboxylic acids is 1. The van der Waals surface area contributed by atoms with Gasteiger partial charge in [0.15, 0.2) is 0 Å². The number of nitrogens with one attached hydrogen (secondary N) is 1. The third-order valence-corrected chi connectivity index (χ3v) is 2.55. The van der Waals surface area contributed by atoms with E-state index in [9.17, 15) is 9.59 Å². The lowest BCUT2D eigenvalue weighted by molar-refractivity contribution is -0.142. The summed E-state index contributed by atoms with van der Waals surface area (Å²) in [6, 6.07) is 3.60. The summed E-state index contributed by atoms with van der Waals surface area (Å²) < 4.78 is 0. The van der Waals surface area contributed by atoms with Crippen LogP contribution in [0, 0.1) is 5.41 Å². The fraction of sp³-hybridized carbons (Fsp3) is 0.417. The first-order chi connectivity index (χ1) is 8.21. The molecule has 1 atom stereocenters. The molecular weight excluding hydrogens is 256 g/mol. The predicted molar refractivity (Wildman–Crippen MR) is 67.6 cm³/mol. The summed E-state index contributed by atoms with van der Waals surface area (Å²) in [5, 5.41) is 11.7. The van der Waals surface area contributed by atoms with Crippen molar-refractivity contribution in [1.29, 1.82) is 0 Å². The number of hydrogen-bond acceptors (Lipinski definition) is 3. The quantitative estimate of drug-likeness (QED) is 0.823. The predicted octanol–water partition coefficient (Wildman–Crippen LogP) is 1.96. The van der Waals surface area contributed by atoms with Gasteiger partial charge in [0.05, 0.1) is 0 Å². The van der Waals surface area contributed by atoms with Gasteiger partial charge in [0.25, 0.3) is 5.91 Å². The molecule has 0 saturated carbocycles. The number of rotatable bonds is 3. The van der Waals surface area contributed by atoms with Gasteiger partial charge in [0.2, 0.25) is 0 Å². The Morgan fingerprint density at radius 1 is 1.39 bits per heavy atom. The first-order valence-corrected chi connectivity index (χ1v) is 5.76. The molecule has 1 aromatic rings. The molecule has 0 bridgehead atoms. The van der Waals surface area contributed by atoms with E-state index < -0.39 is 23.3 Å². The Morgan fingerprint density at radius 3 is 2.44 bits per heavy atom. The van der Waals surface area contributed by atoms with Crippen molar-refractivity contribution in [2.75, 3.05) is 0 Å². The number of carbonyl (C=O) groups excluding carboxylic acids is 1. The molecule has 0 aliphatic heterocycles. The molecular formula is C12H15ClN2O3. The minimum atomic E-state index is -1.09. The van der Waals surface area contributed by atoms with Crippen LogP contribution in [0.15, 0.2) is 18.2 Å². The van der Waals surface area contributed by atoms with Crippen LogP contribution in [0.4, 0.5) is 0 Å². The Hall–Kier alpha value is -1.62. The number of aromatic nitrogens is 1. The van der Waals surface area contributed by atoms with Crippen LogP contribution >= 0.6 is 11.6 Å². The summed E-state index contributed by atoms with van der Waals surface area (Å²) in [5.41, 5.74) is -0.502. The molecule has 0 radical (unpaired) electrons. The molecule has 1 heterocycles. The van der Waals surface area contributed by atoms with E-state index >= 15 is 0 Å². The Morgan fingerprint density at radius 2 is 2.00 bits per heavy atom. The van der Waals surface area contributed by atoms with Crippen molar-refractivity contribution in [3.05, 3.63) is 29.0 Å². The van der Waals surface area contributed by atoms with Gasteiger partial charge in [0.1, 0.15) is 16.9 Å². The van der Waals surface area contributed by atoms with Crippen molar-refractivity contribution >= 4 is 23.5 Å². The number of nitrogens with zero attached hydrogens (tertiary/aromatic N) is 1. The molecule has 18 heavy (non-hydrogen) atoms. The van der Waals surface area contributed by atoms with E-state index in [-0.39, 0.29) is 10.8 Å². The van der Waals surface area contributed by atoms with Crippen LogP contribution < -0.4 is 5.32 Å². The fourth-order valence-corrected chi connectivity index (χ4v) is 1.55. The topological polar surface area (TPSA) is 79.3 Å². The summed E-state index contributed by atoms with van der Waals surface area (Å²) in [5.74, 6) is -1.64. The lowest BCUT2D eigenvalue weighted by Crippen LogP contribution is -2.49. The molecule has 2 N–H and O–H groups in total. The standard InChI is InChI=1S/C12H15ClN2O3/c1-12(2,3)9(11(17)18)15-10(16)7-5-4-6-8(13)14-7/h4-6,9H,1-3H3,(H,15,16)(H,17,18)/t9-/m1/s1. The molecule has 0 unspecified atom stereocenters. The van der Waals surface area contributed by atoms with Gasteiger partial charge in [-0.25, -0.2) is 9.78 Å². The van der Waals surface area contributed by atoms with E-state index in [4.69, 9.17) is 16.7 Å². The monoisotopic (exact) mass is 270 g/mol. The number of aliphatic carboxylic acids is 1.